The number of likely N-dealkylation sites (N-methyl/N-ethyl adjacent to an activating group) is 1. The predicted molar refractivity (Wildman–Crippen MR) is 119 cm³/mol. The minimum atomic E-state index is -0.968. The van der Waals surface area contributed by atoms with E-state index in [4.69, 9.17) is 16.3 Å². The highest BCUT2D eigenvalue weighted by Gasteiger charge is 2.66. The Morgan fingerprint density at radius 1 is 1.00 bits per heavy atom. The van der Waals surface area contributed by atoms with Crippen molar-refractivity contribution in [1.82, 2.24) is 4.90 Å². The molecule has 5 rings (SSSR count). The number of hydrogen-bond acceptors (Lipinski definition) is 3. The molecule has 3 aromatic carbocycles. The van der Waals surface area contributed by atoms with Gasteiger partial charge in [-0.05, 0) is 42.8 Å². The van der Waals surface area contributed by atoms with Crippen LogP contribution in [0.1, 0.15) is 16.7 Å². The molecule has 0 aliphatic carbocycles. The van der Waals surface area contributed by atoms with E-state index in [-0.39, 0.29) is 18.4 Å². The van der Waals surface area contributed by atoms with Crippen molar-refractivity contribution in [3.05, 3.63) is 94.5 Å². The Bertz CT molecular complexity index is 1180. The minimum Gasteiger partial charge on any atom is -0.477 e. The predicted octanol–water partition coefficient (Wildman–Crippen LogP) is 4.16. The van der Waals surface area contributed by atoms with Gasteiger partial charge in [0.1, 0.15) is 17.8 Å². The van der Waals surface area contributed by atoms with Crippen molar-refractivity contribution >= 4 is 29.1 Å². The molecule has 5 nitrogen and oxygen atoms in total. The van der Waals surface area contributed by atoms with Gasteiger partial charge in [-0.25, -0.2) is 0 Å². The highest BCUT2D eigenvalue weighted by Crippen LogP contribution is 2.53. The molecular formula is C25H21ClN2O3. The van der Waals surface area contributed by atoms with Crippen LogP contribution in [0.4, 0.5) is 5.69 Å². The SMILES string of the molecule is Cc1ccc(OC2C(=O)N3CC(=O)N(C)c4ccc(Cl)cc4C23c2ccccc2)cc1. The van der Waals surface area contributed by atoms with Gasteiger partial charge in [0, 0.05) is 23.3 Å². The van der Waals surface area contributed by atoms with Crippen LogP contribution >= 0.6 is 11.6 Å². The Morgan fingerprint density at radius 3 is 2.42 bits per heavy atom. The molecule has 31 heavy (non-hydrogen) atoms. The van der Waals surface area contributed by atoms with Gasteiger partial charge < -0.3 is 14.5 Å². The van der Waals surface area contributed by atoms with Crippen molar-refractivity contribution < 1.29 is 14.3 Å². The molecule has 6 heteroatoms. The van der Waals surface area contributed by atoms with Gasteiger partial charge in [0.2, 0.25) is 12.0 Å². The fourth-order valence-corrected chi connectivity index (χ4v) is 4.76. The molecule has 156 valence electrons. The lowest BCUT2D eigenvalue weighted by atomic mass is 9.69. The standard InChI is InChI=1S/C25H21ClN2O3/c1-16-8-11-19(12-9-16)31-23-24(30)28-15-22(29)27(2)21-13-10-18(26)14-20(21)25(23,28)17-6-4-3-5-7-17/h3-14,23H,15H2,1-2H3. The zero-order chi connectivity index (χ0) is 21.8. The smallest absolute Gasteiger partial charge is 0.268 e. The van der Waals surface area contributed by atoms with E-state index in [9.17, 15) is 9.59 Å². The number of β-lactam (4-membered cyclic amide) rings is 1. The molecule has 0 N–H and O–H groups in total. The number of amides is 2. The molecule has 2 heterocycles. The van der Waals surface area contributed by atoms with Crippen molar-refractivity contribution in [3.63, 3.8) is 0 Å². The maximum absolute atomic E-state index is 13.3. The second-order valence-corrected chi connectivity index (χ2v) is 8.42. The van der Waals surface area contributed by atoms with E-state index < -0.39 is 11.6 Å². The quantitative estimate of drug-likeness (QED) is 0.584. The monoisotopic (exact) mass is 432 g/mol. The summed E-state index contributed by atoms with van der Waals surface area (Å²) in [7, 11) is 1.72. The van der Waals surface area contributed by atoms with E-state index in [1.165, 1.54) is 0 Å². The van der Waals surface area contributed by atoms with Crippen LogP contribution in [0, 0.1) is 6.92 Å². The van der Waals surface area contributed by atoms with Crippen LogP contribution in [0.5, 0.6) is 5.75 Å². The van der Waals surface area contributed by atoms with Crippen LogP contribution in [0.15, 0.2) is 72.8 Å². The molecular weight excluding hydrogens is 412 g/mol. The molecule has 1 saturated heterocycles. The number of fused-ring (bicyclic) bond motifs is 3. The lowest BCUT2D eigenvalue weighted by Crippen LogP contribution is -2.74. The highest BCUT2D eigenvalue weighted by molar-refractivity contribution is 6.30. The first-order chi connectivity index (χ1) is 14.9. The number of aryl methyl sites for hydroxylation is 1. The van der Waals surface area contributed by atoms with Crippen LogP contribution in [-0.2, 0) is 15.1 Å². The normalized spacial score (nSPS) is 22.4. The molecule has 0 spiro atoms. The highest BCUT2D eigenvalue weighted by atomic mass is 35.5. The molecule has 2 aliphatic heterocycles. The van der Waals surface area contributed by atoms with Crippen LogP contribution in [0.3, 0.4) is 0 Å². The number of carbonyl (C=O) groups is 2. The molecule has 0 radical (unpaired) electrons. The van der Waals surface area contributed by atoms with Gasteiger partial charge >= 0.3 is 0 Å². The number of nitrogens with zero attached hydrogens (tertiary/aromatic N) is 2. The summed E-state index contributed by atoms with van der Waals surface area (Å²) in [5.74, 6) is 0.217. The second kappa shape index (κ2) is 7.13. The number of halogens is 1. The molecule has 2 aliphatic rings. The fourth-order valence-electron chi connectivity index (χ4n) is 4.58. The summed E-state index contributed by atoms with van der Waals surface area (Å²) in [5, 5.41) is 0.533. The van der Waals surface area contributed by atoms with E-state index in [0.29, 0.717) is 16.5 Å². The number of carbonyl (C=O) groups excluding carboxylic acids is 2. The lowest BCUT2D eigenvalue weighted by molar-refractivity contribution is -0.177. The maximum Gasteiger partial charge on any atom is 0.268 e. The van der Waals surface area contributed by atoms with Crippen LogP contribution in [0.2, 0.25) is 5.02 Å². The van der Waals surface area contributed by atoms with E-state index in [0.717, 1.165) is 16.7 Å². The average Bonchev–Trinajstić information content (AvgIpc) is 2.86. The minimum absolute atomic E-state index is 0.0374. The van der Waals surface area contributed by atoms with Crippen molar-refractivity contribution in [2.75, 3.05) is 18.5 Å². The van der Waals surface area contributed by atoms with Crippen molar-refractivity contribution in [1.29, 1.82) is 0 Å². The van der Waals surface area contributed by atoms with Crippen molar-refractivity contribution in [3.8, 4) is 5.75 Å². The van der Waals surface area contributed by atoms with Gasteiger partial charge in [-0.3, -0.25) is 9.59 Å². The molecule has 2 amide bonds. The summed E-state index contributed by atoms with van der Waals surface area (Å²) in [6, 6.07) is 22.7. The van der Waals surface area contributed by atoms with Gasteiger partial charge in [-0.2, -0.15) is 0 Å². The molecule has 3 aromatic rings. The number of hydrogen-bond donors (Lipinski definition) is 0. The lowest BCUT2D eigenvalue weighted by Gasteiger charge is -2.56. The summed E-state index contributed by atoms with van der Waals surface area (Å²) in [5.41, 5.74) is 2.50. The fraction of sp³-hybridized carbons (Fsp3) is 0.200. The first kappa shape index (κ1) is 19.6. The number of anilines is 1. The first-order valence-corrected chi connectivity index (χ1v) is 10.5. The molecule has 1 fully saturated rings. The molecule has 0 bridgehead atoms. The zero-order valence-corrected chi connectivity index (χ0v) is 18.0. The Hall–Kier alpha value is -3.31. The first-order valence-electron chi connectivity index (χ1n) is 10.1. The molecule has 0 saturated carbocycles. The van der Waals surface area contributed by atoms with Crippen LogP contribution in [0.25, 0.3) is 0 Å². The Balaban J connectivity index is 1.76. The third-order valence-corrected chi connectivity index (χ3v) is 6.42. The van der Waals surface area contributed by atoms with Crippen LogP contribution in [-0.4, -0.2) is 36.4 Å². The topological polar surface area (TPSA) is 49.9 Å². The van der Waals surface area contributed by atoms with E-state index in [2.05, 4.69) is 0 Å². The third-order valence-electron chi connectivity index (χ3n) is 6.18. The van der Waals surface area contributed by atoms with Crippen LogP contribution < -0.4 is 9.64 Å². The van der Waals surface area contributed by atoms with Gasteiger partial charge in [0.05, 0.1) is 0 Å². The van der Waals surface area contributed by atoms with E-state index in [1.54, 1.807) is 22.9 Å². The molecule has 2 atom stereocenters. The summed E-state index contributed by atoms with van der Waals surface area (Å²) < 4.78 is 6.30. The largest absolute Gasteiger partial charge is 0.477 e. The number of ether oxygens (including phenoxy) is 1. The summed E-state index contributed by atoms with van der Waals surface area (Å²) in [6.07, 6.45) is -0.825. The molecule has 2 unspecified atom stereocenters. The molecule has 0 aromatic heterocycles. The van der Waals surface area contributed by atoms with E-state index in [1.807, 2.05) is 73.7 Å². The summed E-state index contributed by atoms with van der Waals surface area (Å²) in [6.45, 7) is 1.96. The van der Waals surface area contributed by atoms with E-state index >= 15 is 0 Å². The summed E-state index contributed by atoms with van der Waals surface area (Å²) >= 11 is 6.41. The van der Waals surface area contributed by atoms with Gasteiger partial charge in [0.15, 0.2) is 0 Å². The maximum atomic E-state index is 13.3. The number of benzene rings is 3. The van der Waals surface area contributed by atoms with Gasteiger partial charge in [-0.1, -0.05) is 59.6 Å². The van der Waals surface area contributed by atoms with Crippen molar-refractivity contribution in [2.45, 2.75) is 18.6 Å². The second-order valence-electron chi connectivity index (χ2n) is 7.98. The number of rotatable bonds is 3. The van der Waals surface area contributed by atoms with Gasteiger partial charge in [0.25, 0.3) is 5.91 Å². The zero-order valence-electron chi connectivity index (χ0n) is 17.2. The summed E-state index contributed by atoms with van der Waals surface area (Å²) in [4.78, 5) is 29.5. The van der Waals surface area contributed by atoms with Gasteiger partial charge in [-0.15, -0.1) is 0 Å². The average molecular weight is 433 g/mol. The van der Waals surface area contributed by atoms with Crippen molar-refractivity contribution in [2.24, 2.45) is 0 Å². The Labute approximate surface area is 185 Å². The third kappa shape index (κ3) is 2.84. The Morgan fingerprint density at radius 2 is 1.71 bits per heavy atom. The Kier molecular flexibility index (Phi) is 4.52.